The molecular formula is C17H23N3O5S. The van der Waals surface area contributed by atoms with Crippen molar-refractivity contribution in [2.75, 3.05) is 20.7 Å². The summed E-state index contributed by atoms with van der Waals surface area (Å²) in [4.78, 5) is 25.7. The lowest BCUT2D eigenvalue weighted by Gasteiger charge is -2.22. The highest BCUT2D eigenvalue weighted by Crippen LogP contribution is 2.26. The summed E-state index contributed by atoms with van der Waals surface area (Å²) in [7, 11) is -0.910. The Morgan fingerprint density at radius 3 is 2.54 bits per heavy atom. The highest BCUT2D eigenvalue weighted by molar-refractivity contribution is 7.90. The van der Waals surface area contributed by atoms with Gasteiger partial charge in [0.2, 0.25) is 5.91 Å². The van der Waals surface area contributed by atoms with E-state index in [9.17, 15) is 18.0 Å². The van der Waals surface area contributed by atoms with Crippen LogP contribution in [0.2, 0.25) is 0 Å². The van der Waals surface area contributed by atoms with E-state index in [-0.39, 0.29) is 23.2 Å². The molecule has 0 bridgehead atoms. The molecule has 142 valence electrons. The molecule has 9 heteroatoms. The second-order valence-electron chi connectivity index (χ2n) is 6.51. The zero-order chi connectivity index (χ0) is 19.5. The number of amides is 1. The molecule has 0 saturated carbocycles. The Labute approximate surface area is 153 Å². The predicted octanol–water partition coefficient (Wildman–Crippen LogP) is 0.771. The molecule has 1 N–H and O–H groups in total. The smallest absolute Gasteiger partial charge is 0.328 e. The molecule has 0 radical (unpaired) electrons. The molecule has 0 aliphatic carbocycles. The molecule has 1 aliphatic heterocycles. The maximum absolute atomic E-state index is 12.3. The number of rotatable bonds is 6. The van der Waals surface area contributed by atoms with Gasteiger partial charge in [0.25, 0.3) is 10.0 Å². The average molecular weight is 381 g/mol. The Morgan fingerprint density at radius 1 is 1.27 bits per heavy atom. The number of nitrogens with one attached hydrogen (secondary N) is 1. The highest BCUT2D eigenvalue weighted by atomic mass is 32.2. The van der Waals surface area contributed by atoms with Crippen LogP contribution < -0.4 is 5.32 Å². The molecule has 8 nitrogen and oxygen atoms in total. The molecule has 0 saturated heterocycles. The summed E-state index contributed by atoms with van der Waals surface area (Å²) in [6.07, 6.45) is 0.445. The first-order chi connectivity index (χ1) is 12.2. The number of carbonyl (C=O) groups is 2. The minimum atomic E-state index is -3.75. The van der Waals surface area contributed by atoms with Crippen LogP contribution >= 0.6 is 0 Å². The van der Waals surface area contributed by atoms with Crippen molar-refractivity contribution < 1.29 is 22.7 Å². The Morgan fingerprint density at radius 2 is 1.92 bits per heavy atom. The van der Waals surface area contributed by atoms with E-state index in [1.165, 1.54) is 18.1 Å². The van der Waals surface area contributed by atoms with Crippen molar-refractivity contribution in [1.82, 2.24) is 10.2 Å². The molecule has 0 unspecified atom stereocenters. The molecule has 1 amide bonds. The van der Waals surface area contributed by atoms with Crippen LogP contribution in [-0.4, -0.2) is 57.8 Å². The number of ether oxygens (including phenoxy) is 1. The van der Waals surface area contributed by atoms with Gasteiger partial charge >= 0.3 is 5.97 Å². The van der Waals surface area contributed by atoms with E-state index < -0.39 is 27.9 Å². The molecule has 1 aromatic rings. The monoisotopic (exact) mass is 381 g/mol. The first-order valence-electron chi connectivity index (χ1n) is 8.18. The van der Waals surface area contributed by atoms with Crippen LogP contribution in [0.25, 0.3) is 0 Å². The number of esters is 1. The zero-order valence-corrected chi connectivity index (χ0v) is 16.0. The minimum Gasteiger partial charge on any atom is -0.467 e. The summed E-state index contributed by atoms with van der Waals surface area (Å²) >= 11 is 0. The molecule has 1 aromatic carbocycles. The van der Waals surface area contributed by atoms with E-state index in [4.69, 9.17) is 4.74 Å². The summed E-state index contributed by atoms with van der Waals surface area (Å²) in [6, 6.07) is 5.70. The number of carbonyl (C=O) groups excluding carboxylic acids is 2. The van der Waals surface area contributed by atoms with E-state index in [1.54, 1.807) is 25.2 Å². The Balaban J connectivity index is 2.11. The van der Waals surface area contributed by atoms with Crippen molar-refractivity contribution in [3.8, 4) is 0 Å². The van der Waals surface area contributed by atoms with Gasteiger partial charge in [0, 0.05) is 12.6 Å². The summed E-state index contributed by atoms with van der Waals surface area (Å²) in [5.41, 5.74) is 0.453. The largest absolute Gasteiger partial charge is 0.467 e. The number of benzene rings is 1. The number of sulfonamides is 1. The SMILES string of the molecule is COC(=O)[C@@H](CC(C)C)NC(=O)CN(C)C1=NS(=O)(=O)c2ccccc21. The third-order valence-corrected chi connectivity index (χ3v) is 5.21. The van der Waals surface area contributed by atoms with Crippen molar-refractivity contribution in [1.29, 1.82) is 0 Å². The summed E-state index contributed by atoms with van der Waals surface area (Å²) in [5.74, 6) is -0.545. The lowest BCUT2D eigenvalue weighted by Crippen LogP contribution is -2.46. The normalized spacial score (nSPS) is 15.8. The molecule has 0 fully saturated rings. The fraction of sp³-hybridized carbons (Fsp3) is 0.471. The van der Waals surface area contributed by atoms with Crippen molar-refractivity contribution in [2.24, 2.45) is 10.3 Å². The Hall–Kier alpha value is -2.42. The van der Waals surface area contributed by atoms with Crippen LogP contribution in [0.15, 0.2) is 33.6 Å². The lowest BCUT2D eigenvalue weighted by atomic mass is 10.0. The zero-order valence-electron chi connectivity index (χ0n) is 15.2. The van der Waals surface area contributed by atoms with Crippen LogP contribution in [0.4, 0.5) is 0 Å². The fourth-order valence-electron chi connectivity index (χ4n) is 2.72. The van der Waals surface area contributed by atoms with Gasteiger partial charge in [-0.05, 0) is 24.5 Å². The van der Waals surface area contributed by atoms with E-state index in [2.05, 4.69) is 9.71 Å². The topological polar surface area (TPSA) is 105 Å². The molecule has 1 heterocycles. The first kappa shape index (κ1) is 19.9. The van der Waals surface area contributed by atoms with Crippen molar-refractivity contribution in [2.45, 2.75) is 31.2 Å². The van der Waals surface area contributed by atoms with Gasteiger partial charge in [-0.3, -0.25) is 4.79 Å². The van der Waals surface area contributed by atoms with Crippen molar-refractivity contribution in [3.63, 3.8) is 0 Å². The quantitative estimate of drug-likeness (QED) is 0.730. The number of nitrogens with zero attached hydrogens (tertiary/aromatic N) is 2. The van der Waals surface area contributed by atoms with Crippen LogP contribution in [0, 0.1) is 5.92 Å². The van der Waals surface area contributed by atoms with E-state index in [1.807, 2.05) is 13.8 Å². The van der Waals surface area contributed by atoms with Crippen LogP contribution in [0.5, 0.6) is 0 Å². The summed E-state index contributed by atoms with van der Waals surface area (Å²) < 4.78 is 32.7. The van der Waals surface area contributed by atoms with Gasteiger partial charge in [0.1, 0.15) is 10.9 Å². The molecule has 0 aromatic heterocycles. The maximum Gasteiger partial charge on any atom is 0.328 e. The summed E-state index contributed by atoms with van der Waals surface area (Å²) in [5, 5.41) is 2.64. The molecular weight excluding hydrogens is 358 g/mol. The highest BCUT2D eigenvalue weighted by Gasteiger charge is 2.31. The summed E-state index contributed by atoms with van der Waals surface area (Å²) in [6.45, 7) is 3.72. The Bertz CT molecular complexity index is 833. The van der Waals surface area contributed by atoms with Crippen LogP contribution in [0.3, 0.4) is 0 Å². The number of hydrogen-bond acceptors (Lipinski definition) is 6. The minimum absolute atomic E-state index is 0.120. The van der Waals surface area contributed by atoms with Gasteiger partial charge in [0.15, 0.2) is 5.84 Å². The Kier molecular flexibility index (Phi) is 6.01. The third-order valence-electron chi connectivity index (χ3n) is 3.88. The maximum atomic E-state index is 12.3. The van der Waals surface area contributed by atoms with Gasteiger partial charge < -0.3 is 15.0 Å². The first-order valence-corrected chi connectivity index (χ1v) is 9.62. The molecule has 0 spiro atoms. The lowest BCUT2D eigenvalue weighted by molar-refractivity contribution is -0.145. The van der Waals surface area contributed by atoms with Gasteiger partial charge in [-0.25, -0.2) is 4.79 Å². The van der Waals surface area contributed by atoms with Crippen LogP contribution in [-0.2, 0) is 24.3 Å². The fourth-order valence-corrected chi connectivity index (χ4v) is 3.97. The third kappa shape index (κ3) is 4.40. The second-order valence-corrected chi connectivity index (χ2v) is 8.09. The molecule has 1 aliphatic rings. The molecule has 1 atom stereocenters. The number of likely N-dealkylation sites (N-methyl/N-ethyl adjacent to an activating group) is 1. The van der Waals surface area contributed by atoms with Gasteiger partial charge in [0.05, 0.1) is 13.7 Å². The second kappa shape index (κ2) is 7.86. The number of hydrogen-bond donors (Lipinski definition) is 1. The average Bonchev–Trinajstić information content (AvgIpc) is 2.85. The van der Waals surface area contributed by atoms with E-state index in [0.29, 0.717) is 12.0 Å². The van der Waals surface area contributed by atoms with Gasteiger partial charge in [-0.1, -0.05) is 26.0 Å². The van der Waals surface area contributed by atoms with Gasteiger partial charge in [-0.2, -0.15) is 8.42 Å². The van der Waals surface area contributed by atoms with E-state index in [0.717, 1.165) is 0 Å². The molecule has 2 rings (SSSR count). The van der Waals surface area contributed by atoms with Crippen molar-refractivity contribution in [3.05, 3.63) is 29.8 Å². The number of fused-ring (bicyclic) bond motifs is 1. The van der Waals surface area contributed by atoms with E-state index >= 15 is 0 Å². The van der Waals surface area contributed by atoms with Crippen LogP contribution in [0.1, 0.15) is 25.8 Å². The van der Waals surface area contributed by atoms with Crippen molar-refractivity contribution >= 4 is 27.7 Å². The number of methoxy groups -OCH3 is 1. The predicted molar refractivity (Wildman–Crippen MR) is 96.2 cm³/mol. The standard InChI is InChI=1S/C17H23N3O5S/c1-11(2)9-13(17(22)25-4)18-15(21)10-20(3)16-12-7-5-6-8-14(12)26(23,24)19-16/h5-8,11,13H,9-10H2,1-4H3,(H,18,21)/t13-/m1/s1. The number of amidine groups is 1. The molecule has 26 heavy (non-hydrogen) atoms. The van der Waals surface area contributed by atoms with Gasteiger partial charge in [-0.15, -0.1) is 4.40 Å².